The summed E-state index contributed by atoms with van der Waals surface area (Å²) in [5.41, 5.74) is 0.225. The Morgan fingerprint density at radius 1 is 0.874 bits per heavy atom. The molecule has 0 spiro atoms. The zero-order valence-electron chi connectivity index (χ0n) is 50.7. The van der Waals surface area contributed by atoms with Gasteiger partial charge in [0.25, 0.3) is 0 Å². The standard InChI is InChI=1S/C58H82N4O21S4/c1-27(2)59-36-26-75-43(24-39(36)71-9)81-52-50(65)47(62-83-45-23-37(63)53(84-13)32(7)77-45)30(5)78-56(52)80-38-17-15-16-19-58(69)34(18-20-86-87-85-14)46(38)48(61-57(68)74-12)51(66)54(58)82-44-25-42(49(64)31(6)76-44)79-55(67)33-21-40(72-10)41(73-11)22-35(33)60-28(3)29(4)70-8/h16,18-19,21-22,27,30-32,36-39,42-45,47,49-50,52-54,56,59-60,62-65,69H,3-4,20,23-26H2,1-2,5-14H3,(H,61,68)/b19-16-,34-18+/t30-,31-,32+,36-,37-,38-,39-,42-,43-,44-,45-,47+,49-,50-,52+,53+,54+,56-,58+/m0/s1. The maximum Gasteiger partial charge on any atom is 0.411 e. The van der Waals surface area contributed by atoms with Gasteiger partial charge in [-0.1, -0.05) is 66.5 Å². The fraction of sp³-hybridized carbons (Fsp3) is 0.638. The van der Waals surface area contributed by atoms with Gasteiger partial charge >= 0.3 is 12.1 Å². The first kappa shape index (κ1) is 70.3. The van der Waals surface area contributed by atoms with Crippen molar-refractivity contribution in [3.8, 4) is 23.3 Å². The number of thioether (sulfide) groups is 1. The maximum atomic E-state index is 15.5. The van der Waals surface area contributed by atoms with Crippen molar-refractivity contribution in [1.29, 1.82) is 0 Å². The average Bonchev–Trinajstić information content (AvgIpc) is 1.43. The van der Waals surface area contributed by atoms with E-state index in [1.807, 2.05) is 33.3 Å². The summed E-state index contributed by atoms with van der Waals surface area (Å²) in [6.45, 7) is 16.9. The molecule has 2 bridgehead atoms. The number of alkyl carbamates (subject to hydrolysis) is 1. The van der Waals surface area contributed by atoms with Gasteiger partial charge in [0.2, 0.25) is 5.78 Å². The number of methoxy groups -OCH3 is 5. The molecular formula is C58H82N4O21S4. The lowest BCUT2D eigenvalue weighted by atomic mass is 9.72. The molecule has 2 aliphatic carbocycles. The largest absolute Gasteiger partial charge is 0.495 e. The van der Waals surface area contributed by atoms with E-state index >= 15 is 4.79 Å². The second-order valence-corrected chi connectivity index (χ2v) is 26.7. The number of aliphatic hydroxyl groups excluding tert-OH is 3. The number of ketones is 1. The molecule has 484 valence electrons. The van der Waals surface area contributed by atoms with Crippen LogP contribution in [0.5, 0.6) is 11.5 Å². The topological polar surface area (TPSA) is 309 Å². The highest BCUT2D eigenvalue weighted by Gasteiger charge is 2.56. The van der Waals surface area contributed by atoms with Crippen LogP contribution in [0.2, 0.25) is 0 Å². The summed E-state index contributed by atoms with van der Waals surface area (Å²) in [6, 6.07) is 1.74. The Balaban J connectivity index is 1.24. The highest BCUT2D eigenvalue weighted by molar-refractivity contribution is 9.09. The fourth-order valence-corrected chi connectivity index (χ4v) is 14.2. The predicted molar refractivity (Wildman–Crippen MR) is 326 cm³/mol. The SMILES string of the molecule is C=C(Nc1cc(OC)c(OC)cc1C(=O)O[C@H]1C[C@H](O[C@@H]2C(=O)C(NC(=O)OC)=C3/C(=C\CSSSC)[C@]2(O)/C=C\C#C[C@@H]3O[C@@H]2O[C@@H](C)[C@@H](NO[C@H]3C[C@H](O)[C@H](SC)[C@@H](C)O3)[C@H](O)[C@H]2O[C@H]2C[C@H](OC)[C@@H](NC(C)C)CO2)O[C@@H](C)[C@@H]1O)C(=C)OC. The van der Waals surface area contributed by atoms with Gasteiger partial charge in [0.15, 0.2) is 42.8 Å². The number of ether oxygens (including phenoxy) is 13. The third-order valence-corrected chi connectivity index (χ3v) is 20.3. The molecule has 4 saturated heterocycles. The summed E-state index contributed by atoms with van der Waals surface area (Å²) < 4.78 is 78.3. The number of fused-ring (bicyclic) bond motifs is 2. The van der Waals surface area contributed by atoms with Crippen molar-refractivity contribution in [3.63, 3.8) is 0 Å². The van der Waals surface area contributed by atoms with E-state index in [9.17, 15) is 30.0 Å². The molecule has 25 nitrogen and oxygen atoms in total. The monoisotopic (exact) mass is 1300 g/mol. The average molecular weight is 1300 g/mol. The Labute approximate surface area is 523 Å². The lowest BCUT2D eigenvalue weighted by Crippen LogP contribution is -2.65. The van der Waals surface area contributed by atoms with Gasteiger partial charge in [-0.15, -0.1) is 0 Å². The van der Waals surface area contributed by atoms with Crippen LogP contribution in [0.4, 0.5) is 10.5 Å². The van der Waals surface area contributed by atoms with Crippen LogP contribution in [0.25, 0.3) is 0 Å². The molecule has 29 heteroatoms. The minimum atomic E-state index is -2.42. The van der Waals surface area contributed by atoms with Crippen LogP contribution in [0.1, 0.15) is 64.2 Å². The molecule has 4 fully saturated rings. The van der Waals surface area contributed by atoms with E-state index < -0.39 is 115 Å². The molecule has 1 aromatic rings. The first-order chi connectivity index (χ1) is 41.5. The Hall–Kier alpha value is -4.11. The van der Waals surface area contributed by atoms with Gasteiger partial charge in [-0.2, -0.15) is 17.2 Å². The molecule has 1 amide bonds. The molecule has 0 radical (unpaired) electrons. The number of hydrogen-bond donors (Lipinski definition) is 8. The summed E-state index contributed by atoms with van der Waals surface area (Å²) in [5, 5.41) is 57.1. The molecular weight excluding hydrogens is 1220 g/mol. The number of amides is 1. The van der Waals surface area contributed by atoms with Crippen molar-refractivity contribution in [1.82, 2.24) is 16.1 Å². The van der Waals surface area contributed by atoms with Gasteiger partial charge in [-0.3, -0.25) is 14.9 Å². The molecule has 1 aromatic carbocycles. The van der Waals surface area contributed by atoms with Crippen LogP contribution in [0, 0.1) is 11.8 Å². The van der Waals surface area contributed by atoms with Crippen LogP contribution < -0.4 is 30.9 Å². The highest BCUT2D eigenvalue weighted by atomic mass is 33.5. The highest BCUT2D eigenvalue weighted by Crippen LogP contribution is 2.45. The number of aliphatic hydroxyl groups is 4. The number of Topliss-reactive ketones (excluding diaryl/α,β-unsaturated/α-hetero) is 1. The zero-order chi connectivity index (χ0) is 63.4. The number of hydroxylamine groups is 1. The van der Waals surface area contributed by atoms with Crippen LogP contribution >= 0.6 is 43.2 Å². The molecule has 0 unspecified atom stereocenters. The van der Waals surface area contributed by atoms with Crippen LogP contribution in [-0.4, -0.2) is 220 Å². The molecule has 8 N–H and O–H groups in total. The van der Waals surface area contributed by atoms with Crippen LogP contribution in [0.3, 0.4) is 0 Å². The van der Waals surface area contributed by atoms with Crippen molar-refractivity contribution in [2.45, 2.75) is 175 Å². The Morgan fingerprint density at radius 3 is 2.24 bits per heavy atom. The maximum absolute atomic E-state index is 15.5. The summed E-state index contributed by atoms with van der Waals surface area (Å²) in [5.74, 6) is 4.79. The van der Waals surface area contributed by atoms with E-state index in [0.29, 0.717) is 0 Å². The number of anilines is 1. The number of nitrogens with one attached hydrogen (secondary N) is 4. The molecule has 0 saturated carbocycles. The smallest absolute Gasteiger partial charge is 0.411 e. The predicted octanol–water partition coefficient (Wildman–Crippen LogP) is 4.40. The number of carbonyl (C=O) groups is 3. The minimum Gasteiger partial charge on any atom is -0.495 e. The second-order valence-electron chi connectivity index (χ2n) is 21.3. The number of benzene rings is 1. The van der Waals surface area contributed by atoms with E-state index in [1.54, 1.807) is 20.1 Å². The second kappa shape index (κ2) is 32.3. The minimum absolute atomic E-state index is 0.00530. The molecule has 0 aromatic heterocycles. The van der Waals surface area contributed by atoms with Gasteiger partial charge in [-0.25, -0.2) is 9.59 Å². The zero-order valence-corrected chi connectivity index (χ0v) is 53.9. The fourth-order valence-electron chi connectivity index (χ4n) is 10.9. The van der Waals surface area contributed by atoms with E-state index in [-0.39, 0.29) is 107 Å². The summed E-state index contributed by atoms with van der Waals surface area (Å²) >= 11 is 1.48. The van der Waals surface area contributed by atoms with Gasteiger partial charge < -0.3 is 92.6 Å². The quantitative estimate of drug-likeness (QED) is 0.0121. The Morgan fingerprint density at radius 2 is 1.59 bits per heavy atom. The van der Waals surface area contributed by atoms with E-state index in [1.165, 1.54) is 95.7 Å². The third kappa shape index (κ3) is 16.9. The first-order valence-electron chi connectivity index (χ1n) is 28.1. The number of allylic oxidation sites excluding steroid dienone is 1. The number of carbonyl (C=O) groups excluding carboxylic acids is 3. The molecule has 87 heavy (non-hydrogen) atoms. The van der Waals surface area contributed by atoms with Gasteiger partial charge in [0.1, 0.15) is 41.9 Å². The molecule has 4 aliphatic heterocycles. The molecule has 4 heterocycles. The van der Waals surface area contributed by atoms with Crippen molar-refractivity contribution >= 4 is 66.7 Å². The van der Waals surface area contributed by atoms with Gasteiger partial charge in [0, 0.05) is 55.9 Å². The van der Waals surface area contributed by atoms with Crippen molar-refractivity contribution in [2.24, 2.45) is 0 Å². The lowest BCUT2D eigenvalue weighted by Gasteiger charge is -2.47. The number of esters is 1. The van der Waals surface area contributed by atoms with Gasteiger partial charge in [-0.05, 0) is 60.8 Å². The summed E-state index contributed by atoms with van der Waals surface area (Å²) in [4.78, 5) is 49.3. The molecule has 19 atom stereocenters. The summed E-state index contributed by atoms with van der Waals surface area (Å²) in [7, 11) is 11.2. The van der Waals surface area contributed by atoms with Crippen LogP contribution in [0.15, 0.2) is 71.8 Å². The van der Waals surface area contributed by atoms with Crippen molar-refractivity contribution in [2.75, 3.05) is 65.7 Å². The van der Waals surface area contributed by atoms with Gasteiger partial charge in [0.05, 0.1) is 106 Å². The lowest BCUT2D eigenvalue weighted by molar-refractivity contribution is -0.336. The van der Waals surface area contributed by atoms with E-state index in [4.69, 9.17) is 66.4 Å². The normalized spacial score (nSPS) is 35.0. The van der Waals surface area contributed by atoms with Crippen molar-refractivity contribution in [3.05, 3.63) is 77.4 Å². The summed E-state index contributed by atoms with van der Waals surface area (Å²) in [6.07, 6.45) is -10.7. The number of rotatable bonds is 26. The first-order valence-corrected chi connectivity index (χ1v) is 33.4. The van der Waals surface area contributed by atoms with E-state index in [2.05, 4.69) is 46.4 Å². The van der Waals surface area contributed by atoms with Crippen LogP contribution in [-0.2, 0) is 61.7 Å². The Kier molecular flexibility index (Phi) is 26.1. The Bertz CT molecular complexity index is 2740. The number of hydrogen-bond acceptors (Lipinski definition) is 28. The molecule has 7 rings (SSSR count). The molecule has 6 aliphatic rings. The third-order valence-electron chi connectivity index (χ3n) is 15.3. The van der Waals surface area contributed by atoms with E-state index in [0.717, 1.165) is 7.11 Å². The van der Waals surface area contributed by atoms with Crippen molar-refractivity contribution < 1.29 is 101 Å².